The van der Waals surface area contributed by atoms with E-state index >= 15 is 0 Å². The molecule has 0 saturated carbocycles. The van der Waals surface area contributed by atoms with E-state index in [1.54, 1.807) is 42.2 Å². The number of rotatable bonds is 2. The van der Waals surface area contributed by atoms with Gasteiger partial charge in [0.05, 0.1) is 0 Å². The number of H-pyrrole nitrogens is 1. The van der Waals surface area contributed by atoms with E-state index in [2.05, 4.69) is 31.0 Å². The van der Waals surface area contributed by atoms with Crippen LogP contribution < -0.4 is 5.56 Å². The predicted molar refractivity (Wildman–Crippen MR) is 81.9 cm³/mol. The van der Waals surface area contributed by atoms with Gasteiger partial charge in [-0.2, -0.15) is 10.1 Å². The molecule has 3 aromatic rings. The van der Waals surface area contributed by atoms with Crippen molar-refractivity contribution in [3.63, 3.8) is 0 Å². The maximum absolute atomic E-state index is 12.3. The number of nitrogens with zero attached hydrogens (tertiary/aromatic N) is 3. The molecule has 7 heteroatoms. The summed E-state index contributed by atoms with van der Waals surface area (Å²) >= 11 is 3.36. The highest BCUT2D eigenvalue weighted by molar-refractivity contribution is 9.10. The average Bonchev–Trinajstić information content (AvgIpc) is 2.87. The molecule has 0 saturated heterocycles. The molecule has 6 nitrogen and oxygen atoms in total. The third kappa shape index (κ3) is 2.47. The lowest BCUT2D eigenvalue weighted by Crippen LogP contribution is -2.12. The number of aromatic amines is 1. The van der Waals surface area contributed by atoms with E-state index in [9.17, 15) is 9.90 Å². The molecule has 3 rings (SSSR count). The molecule has 2 N–H and O–H groups in total. The maximum Gasteiger partial charge on any atom is 0.263 e. The Morgan fingerprint density at radius 3 is 2.67 bits per heavy atom. The van der Waals surface area contributed by atoms with Crippen molar-refractivity contribution in [3.8, 4) is 28.5 Å². The van der Waals surface area contributed by atoms with Gasteiger partial charge in [0.1, 0.15) is 11.3 Å². The Morgan fingerprint density at radius 2 is 2.05 bits per heavy atom. The first-order valence-electron chi connectivity index (χ1n) is 6.14. The number of hydrogen-bond acceptors (Lipinski definition) is 4. The molecule has 21 heavy (non-hydrogen) atoms. The van der Waals surface area contributed by atoms with Crippen molar-refractivity contribution in [1.82, 2.24) is 19.7 Å². The number of aromatic nitrogens is 4. The zero-order chi connectivity index (χ0) is 15.0. The largest absolute Gasteiger partial charge is 0.493 e. The van der Waals surface area contributed by atoms with Crippen LogP contribution in [0.25, 0.3) is 22.6 Å². The lowest BCUT2D eigenvalue weighted by atomic mass is 10.1. The second-order valence-corrected chi connectivity index (χ2v) is 5.32. The van der Waals surface area contributed by atoms with E-state index < -0.39 is 5.56 Å². The van der Waals surface area contributed by atoms with E-state index in [0.29, 0.717) is 15.7 Å². The Labute approximate surface area is 128 Å². The van der Waals surface area contributed by atoms with Gasteiger partial charge < -0.3 is 10.1 Å². The quantitative estimate of drug-likeness (QED) is 0.745. The highest BCUT2D eigenvalue weighted by Gasteiger charge is 2.16. The first-order valence-corrected chi connectivity index (χ1v) is 6.94. The van der Waals surface area contributed by atoms with Gasteiger partial charge >= 0.3 is 0 Å². The Kier molecular flexibility index (Phi) is 3.34. The van der Waals surface area contributed by atoms with Gasteiger partial charge in [-0.15, -0.1) is 0 Å². The Hall–Kier alpha value is -2.41. The highest BCUT2D eigenvalue weighted by atomic mass is 79.9. The number of hydrogen-bond donors (Lipinski definition) is 2. The topological polar surface area (TPSA) is 83.8 Å². The molecule has 106 valence electrons. The number of aromatic hydroxyl groups is 1. The van der Waals surface area contributed by atoms with Crippen molar-refractivity contribution in [2.24, 2.45) is 7.05 Å². The van der Waals surface area contributed by atoms with Gasteiger partial charge in [0.25, 0.3) is 5.56 Å². The minimum absolute atomic E-state index is 0.127. The molecule has 0 aliphatic heterocycles. The van der Waals surface area contributed by atoms with Crippen molar-refractivity contribution < 1.29 is 5.11 Å². The summed E-state index contributed by atoms with van der Waals surface area (Å²) in [6.45, 7) is 0. The van der Waals surface area contributed by atoms with Crippen LogP contribution >= 0.6 is 15.9 Å². The maximum atomic E-state index is 12.3. The van der Waals surface area contributed by atoms with Gasteiger partial charge in [-0.3, -0.25) is 9.48 Å². The molecule has 0 aliphatic carbocycles. The fourth-order valence-corrected chi connectivity index (χ4v) is 2.51. The smallest absolute Gasteiger partial charge is 0.263 e. The number of halogens is 1. The van der Waals surface area contributed by atoms with Crippen LogP contribution in [-0.2, 0) is 7.05 Å². The van der Waals surface area contributed by atoms with Crippen LogP contribution in [0.1, 0.15) is 0 Å². The number of aryl methyl sites for hydroxylation is 1. The fraction of sp³-hybridized carbons (Fsp3) is 0.0714. The standard InChI is InChI=1S/C14H11BrN4O2/c1-19-7-6-10(18-19)12-16-13(20)11(14(21)17-12)8-4-2-3-5-9(8)15/h2-7H,1H3,(H2,16,17,20,21). The first-order chi connectivity index (χ1) is 10.1. The molecule has 0 amide bonds. The summed E-state index contributed by atoms with van der Waals surface area (Å²) < 4.78 is 2.30. The Bertz CT molecular complexity index is 869. The van der Waals surface area contributed by atoms with Crippen LogP contribution in [0.3, 0.4) is 0 Å². The lowest BCUT2D eigenvalue weighted by Gasteiger charge is -2.06. The molecule has 2 aromatic heterocycles. The minimum atomic E-state index is -0.421. The second-order valence-electron chi connectivity index (χ2n) is 4.47. The molecule has 0 fully saturated rings. The minimum Gasteiger partial charge on any atom is -0.493 e. The summed E-state index contributed by atoms with van der Waals surface area (Å²) in [5.41, 5.74) is 0.775. The third-order valence-electron chi connectivity index (χ3n) is 3.00. The summed E-state index contributed by atoms with van der Waals surface area (Å²) in [5.74, 6) is -0.0970. The Morgan fingerprint density at radius 1 is 1.29 bits per heavy atom. The van der Waals surface area contributed by atoms with Crippen molar-refractivity contribution in [3.05, 3.63) is 51.4 Å². The monoisotopic (exact) mass is 346 g/mol. The van der Waals surface area contributed by atoms with E-state index in [-0.39, 0.29) is 17.3 Å². The van der Waals surface area contributed by atoms with Crippen LogP contribution in [0.2, 0.25) is 0 Å². The SMILES string of the molecule is Cn1ccc(-c2nc(O)c(-c3ccccc3Br)c(=O)[nH]2)n1. The average molecular weight is 347 g/mol. The third-order valence-corrected chi connectivity index (χ3v) is 3.69. The molecule has 0 aliphatic rings. The predicted octanol–water partition coefficient (Wildman–Crippen LogP) is 2.31. The van der Waals surface area contributed by atoms with Crippen molar-refractivity contribution in [2.45, 2.75) is 0 Å². The van der Waals surface area contributed by atoms with E-state index in [0.717, 1.165) is 0 Å². The van der Waals surface area contributed by atoms with E-state index in [1.807, 2.05) is 6.07 Å². The van der Waals surface area contributed by atoms with Crippen molar-refractivity contribution in [2.75, 3.05) is 0 Å². The molecule has 0 atom stereocenters. The molecule has 0 spiro atoms. The summed E-state index contributed by atoms with van der Waals surface area (Å²) in [5, 5.41) is 14.3. The van der Waals surface area contributed by atoms with Crippen LogP contribution in [0.5, 0.6) is 5.88 Å². The molecule has 0 unspecified atom stereocenters. The zero-order valence-corrected chi connectivity index (χ0v) is 12.6. The Balaban J connectivity index is 2.18. The normalized spacial score (nSPS) is 10.8. The van der Waals surface area contributed by atoms with Gasteiger partial charge in [-0.1, -0.05) is 34.1 Å². The van der Waals surface area contributed by atoms with E-state index in [1.165, 1.54) is 0 Å². The summed E-state index contributed by atoms with van der Waals surface area (Å²) in [6.07, 6.45) is 1.73. The molecule has 2 heterocycles. The lowest BCUT2D eigenvalue weighted by molar-refractivity contribution is 0.454. The number of nitrogens with one attached hydrogen (secondary N) is 1. The molecule has 1 aromatic carbocycles. The molecular formula is C14H11BrN4O2. The molecular weight excluding hydrogens is 336 g/mol. The van der Waals surface area contributed by atoms with Gasteiger partial charge in [0.15, 0.2) is 5.82 Å². The van der Waals surface area contributed by atoms with Gasteiger partial charge in [0, 0.05) is 23.3 Å². The molecule has 0 bridgehead atoms. The fourth-order valence-electron chi connectivity index (χ4n) is 2.03. The first kappa shape index (κ1) is 13.6. The van der Waals surface area contributed by atoms with Crippen LogP contribution in [0.15, 0.2) is 45.8 Å². The summed E-state index contributed by atoms with van der Waals surface area (Å²) in [6, 6.07) is 8.84. The molecule has 0 radical (unpaired) electrons. The van der Waals surface area contributed by atoms with Crippen molar-refractivity contribution >= 4 is 15.9 Å². The number of benzene rings is 1. The van der Waals surface area contributed by atoms with Crippen LogP contribution in [0.4, 0.5) is 0 Å². The van der Waals surface area contributed by atoms with E-state index in [4.69, 9.17) is 0 Å². The summed E-state index contributed by atoms with van der Waals surface area (Å²) in [4.78, 5) is 19.0. The second kappa shape index (κ2) is 5.17. The van der Waals surface area contributed by atoms with Gasteiger partial charge in [-0.05, 0) is 12.1 Å². The highest BCUT2D eigenvalue weighted by Crippen LogP contribution is 2.30. The zero-order valence-electron chi connectivity index (χ0n) is 11.0. The van der Waals surface area contributed by atoms with Gasteiger partial charge in [0.2, 0.25) is 5.88 Å². The van der Waals surface area contributed by atoms with Crippen LogP contribution in [-0.4, -0.2) is 24.9 Å². The summed E-state index contributed by atoms with van der Waals surface area (Å²) in [7, 11) is 1.76. The van der Waals surface area contributed by atoms with Crippen molar-refractivity contribution in [1.29, 1.82) is 0 Å². The van der Waals surface area contributed by atoms with Gasteiger partial charge in [-0.25, -0.2) is 0 Å². The van der Waals surface area contributed by atoms with Crippen LogP contribution in [0, 0.1) is 0 Å².